The van der Waals surface area contributed by atoms with Crippen molar-refractivity contribution in [2.24, 2.45) is 7.05 Å². The Balaban J connectivity index is 1.34. The molecule has 2 aliphatic heterocycles. The third kappa shape index (κ3) is 3.01. The maximum absolute atomic E-state index is 12.4. The lowest BCUT2D eigenvalue weighted by Gasteiger charge is -2.34. The number of nitrogens with zero attached hydrogens (tertiary/aromatic N) is 4. The Morgan fingerprint density at radius 1 is 1.25 bits per heavy atom. The van der Waals surface area contributed by atoms with Crippen molar-refractivity contribution in [2.45, 2.75) is 13.0 Å². The number of fused-ring (bicyclic) bond motifs is 1. The molecule has 2 aliphatic rings. The molecule has 0 radical (unpaired) electrons. The maximum atomic E-state index is 12.4. The minimum Gasteiger partial charge on any atom is -0.493 e. The third-order valence-corrected chi connectivity index (χ3v) is 4.78. The van der Waals surface area contributed by atoms with Crippen molar-refractivity contribution in [1.29, 1.82) is 0 Å². The summed E-state index contributed by atoms with van der Waals surface area (Å²) in [5, 5.41) is 4.08. The third-order valence-electron chi connectivity index (χ3n) is 4.78. The molecule has 0 N–H and O–H groups in total. The Morgan fingerprint density at radius 3 is 2.83 bits per heavy atom. The number of hydrogen-bond acceptors (Lipinski definition) is 4. The van der Waals surface area contributed by atoms with Crippen LogP contribution in [0, 0.1) is 0 Å². The van der Waals surface area contributed by atoms with Gasteiger partial charge in [0.05, 0.1) is 18.4 Å². The van der Waals surface area contributed by atoms with Crippen molar-refractivity contribution in [2.75, 3.05) is 32.8 Å². The highest BCUT2D eigenvalue weighted by Crippen LogP contribution is 2.26. The van der Waals surface area contributed by atoms with Crippen LogP contribution in [0.2, 0.25) is 0 Å². The van der Waals surface area contributed by atoms with E-state index in [1.54, 1.807) is 17.1 Å². The predicted octanol–water partition coefficient (Wildman–Crippen LogP) is 1.31. The summed E-state index contributed by atoms with van der Waals surface area (Å²) in [5.74, 6) is 1.12. The van der Waals surface area contributed by atoms with Gasteiger partial charge >= 0.3 is 0 Å². The lowest BCUT2D eigenvalue weighted by atomic mass is 10.1. The average molecular weight is 326 g/mol. The van der Waals surface area contributed by atoms with E-state index in [2.05, 4.69) is 28.2 Å². The summed E-state index contributed by atoms with van der Waals surface area (Å²) in [6, 6.07) is 6.54. The molecule has 6 heteroatoms. The molecule has 1 saturated heterocycles. The molecule has 1 aromatic carbocycles. The lowest BCUT2D eigenvalue weighted by Crippen LogP contribution is -2.48. The van der Waals surface area contributed by atoms with Gasteiger partial charge in [-0.2, -0.15) is 5.10 Å². The first kappa shape index (κ1) is 15.2. The summed E-state index contributed by atoms with van der Waals surface area (Å²) in [5.41, 5.74) is 3.26. The molecule has 0 unspecified atom stereocenters. The van der Waals surface area contributed by atoms with Gasteiger partial charge in [-0.15, -0.1) is 0 Å². The van der Waals surface area contributed by atoms with Gasteiger partial charge in [-0.25, -0.2) is 0 Å². The van der Waals surface area contributed by atoms with Gasteiger partial charge in [-0.3, -0.25) is 14.4 Å². The van der Waals surface area contributed by atoms with Crippen LogP contribution in [0.3, 0.4) is 0 Å². The molecule has 126 valence electrons. The molecular weight excluding hydrogens is 304 g/mol. The number of rotatable bonds is 3. The van der Waals surface area contributed by atoms with E-state index in [-0.39, 0.29) is 5.91 Å². The smallest absolute Gasteiger partial charge is 0.257 e. The standard InChI is InChI=1S/C18H22N4O2/c1-20-13-16(11-19-20)18(23)22-7-5-21(6-8-22)12-14-2-3-15-4-9-24-17(15)10-14/h2-3,10-11,13H,4-9,12H2,1H3. The van der Waals surface area contributed by atoms with E-state index >= 15 is 0 Å². The molecule has 2 aromatic rings. The van der Waals surface area contributed by atoms with Gasteiger partial charge in [-0.1, -0.05) is 12.1 Å². The van der Waals surface area contributed by atoms with Gasteiger partial charge in [0, 0.05) is 52.4 Å². The molecule has 0 aliphatic carbocycles. The fourth-order valence-electron chi connectivity index (χ4n) is 3.39. The molecule has 1 fully saturated rings. The number of benzene rings is 1. The van der Waals surface area contributed by atoms with E-state index in [1.165, 1.54) is 11.1 Å². The molecule has 1 aromatic heterocycles. The summed E-state index contributed by atoms with van der Waals surface area (Å²) < 4.78 is 7.31. The second-order valence-electron chi connectivity index (χ2n) is 6.51. The highest BCUT2D eigenvalue weighted by Gasteiger charge is 2.23. The van der Waals surface area contributed by atoms with Crippen molar-refractivity contribution in [3.63, 3.8) is 0 Å². The molecular formula is C18H22N4O2. The number of carbonyl (C=O) groups excluding carboxylic acids is 1. The van der Waals surface area contributed by atoms with E-state index < -0.39 is 0 Å². The highest BCUT2D eigenvalue weighted by molar-refractivity contribution is 5.93. The predicted molar refractivity (Wildman–Crippen MR) is 90.0 cm³/mol. The number of aryl methyl sites for hydroxylation is 1. The second-order valence-corrected chi connectivity index (χ2v) is 6.51. The van der Waals surface area contributed by atoms with E-state index in [0.29, 0.717) is 5.56 Å². The van der Waals surface area contributed by atoms with E-state index in [0.717, 1.165) is 51.5 Å². The van der Waals surface area contributed by atoms with Crippen LogP contribution in [0.25, 0.3) is 0 Å². The number of amides is 1. The second kappa shape index (κ2) is 6.28. The normalized spacial score (nSPS) is 17.6. The van der Waals surface area contributed by atoms with Crippen molar-refractivity contribution < 1.29 is 9.53 Å². The van der Waals surface area contributed by atoms with E-state index in [1.807, 2.05) is 11.9 Å². The van der Waals surface area contributed by atoms with Gasteiger partial charge in [-0.05, 0) is 17.2 Å². The van der Waals surface area contributed by atoms with Gasteiger partial charge in [0.15, 0.2) is 0 Å². The van der Waals surface area contributed by atoms with E-state index in [9.17, 15) is 4.79 Å². The Bertz CT molecular complexity index is 747. The van der Waals surface area contributed by atoms with Crippen molar-refractivity contribution in [3.8, 4) is 5.75 Å². The van der Waals surface area contributed by atoms with Crippen molar-refractivity contribution in [3.05, 3.63) is 47.3 Å². The average Bonchev–Trinajstić information content (AvgIpc) is 3.23. The zero-order valence-electron chi connectivity index (χ0n) is 13.9. The number of piperazine rings is 1. The molecule has 0 spiro atoms. The summed E-state index contributed by atoms with van der Waals surface area (Å²) in [7, 11) is 1.83. The SMILES string of the molecule is Cn1cc(C(=O)N2CCN(Cc3ccc4c(c3)OCC4)CC2)cn1. The van der Waals surface area contributed by atoms with Gasteiger partial charge in [0.25, 0.3) is 5.91 Å². The Morgan fingerprint density at radius 2 is 2.08 bits per heavy atom. The summed E-state index contributed by atoms with van der Waals surface area (Å²) in [6.07, 6.45) is 4.43. The number of hydrogen-bond donors (Lipinski definition) is 0. The largest absolute Gasteiger partial charge is 0.493 e. The van der Waals surface area contributed by atoms with Crippen molar-refractivity contribution in [1.82, 2.24) is 19.6 Å². The van der Waals surface area contributed by atoms with Crippen LogP contribution in [-0.4, -0.2) is 58.3 Å². The maximum Gasteiger partial charge on any atom is 0.257 e. The zero-order chi connectivity index (χ0) is 16.5. The minimum absolute atomic E-state index is 0.0775. The number of aromatic nitrogens is 2. The Hall–Kier alpha value is -2.34. The topological polar surface area (TPSA) is 50.6 Å². The first-order chi connectivity index (χ1) is 11.7. The number of carbonyl (C=O) groups is 1. The number of ether oxygens (including phenoxy) is 1. The summed E-state index contributed by atoms with van der Waals surface area (Å²) >= 11 is 0. The van der Waals surface area contributed by atoms with Crippen LogP contribution >= 0.6 is 0 Å². The lowest BCUT2D eigenvalue weighted by molar-refractivity contribution is 0.0628. The molecule has 24 heavy (non-hydrogen) atoms. The molecule has 3 heterocycles. The summed E-state index contributed by atoms with van der Waals surface area (Å²) in [6.45, 7) is 5.01. The minimum atomic E-state index is 0.0775. The fourth-order valence-corrected chi connectivity index (χ4v) is 3.39. The molecule has 0 bridgehead atoms. The Labute approximate surface area is 141 Å². The Kier molecular flexibility index (Phi) is 3.98. The molecule has 0 saturated carbocycles. The molecule has 6 nitrogen and oxygen atoms in total. The quantitative estimate of drug-likeness (QED) is 0.853. The fraction of sp³-hybridized carbons (Fsp3) is 0.444. The zero-order valence-corrected chi connectivity index (χ0v) is 13.9. The van der Waals surface area contributed by atoms with Crippen LogP contribution in [0.4, 0.5) is 0 Å². The van der Waals surface area contributed by atoms with Crippen LogP contribution < -0.4 is 4.74 Å². The highest BCUT2D eigenvalue weighted by atomic mass is 16.5. The van der Waals surface area contributed by atoms with Gasteiger partial charge in [0.2, 0.25) is 0 Å². The molecule has 4 rings (SSSR count). The van der Waals surface area contributed by atoms with Crippen LogP contribution in [0.1, 0.15) is 21.5 Å². The summed E-state index contributed by atoms with van der Waals surface area (Å²) in [4.78, 5) is 16.8. The van der Waals surface area contributed by atoms with Crippen LogP contribution in [-0.2, 0) is 20.0 Å². The monoisotopic (exact) mass is 326 g/mol. The first-order valence-corrected chi connectivity index (χ1v) is 8.44. The van der Waals surface area contributed by atoms with Gasteiger partial charge in [0.1, 0.15) is 5.75 Å². The van der Waals surface area contributed by atoms with Crippen molar-refractivity contribution >= 4 is 5.91 Å². The molecule has 0 atom stereocenters. The van der Waals surface area contributed by atoms with E-state index in [4.69, 9.17) is 4.74 Å². The molecule has 1 amide bonds. The van der Waals surface area contributed by atoms with Crippen LogP contribution in [0.5, 0.6) is 5.75 Å². The van der Waals surface area contributed by atoms with Gasteiger partial charge < -0.3 is 9.64 Å². The first-order valence-electron chi connectivity index (χ1n) is 8.44. The van der Waals surface area contributed by atoms with Crippen LogP contribution in [0.15, 0.2) is 30.6 Å².